The van der Waals surface area contributed by atoms with Gasteiger partial charge in [-0.2, -0.15) is 0 Å². The van der Waals surface area contributed by atoms with E-state index < -0.39 is 0 Å². The Morgan fingerprint density at radius 3 is 2.64 bits per heavy atom. The standard InChI is InChI=1S/C20H26N2O3/c1-15-4-6-17(18(12-15)23-3)25-19-7-5-16(13-21-19)22-14-20(2)8-10-24-11-9-20/h4-7,12-13,22H,8-11,14H2,1-3H3. The van der Waals surface area contributed by atoms with Crippen molar-refractivity contribution in [3.05, 3.63) is 42.1 Å². The summed E-state index contributed by atoms with van der Waals surface area (Å²) in [5.41, 5.74) is 2.40. The van der Waals surface area contributed by atoms with Crippen molar-refractivity contribution in [2.24, 2.45) is 5.41 Å². The molecule has 1 aromatic carbocycles. The zero-order valence-electron chi connectivity index (χ0n) is 15.2. The van der Waals surface area contributed by atoms with Crippen molar-refractivity contribution in [3.63, 3.8) is 0 Å². The van der Waals surface area contributed by atoms with Gasteiger partial charge >= 0.3 is 0 Å². The molecule has 0 spiro atoms. The minimum atomic E-state index is 0.280. The zero-order valence-corrected chi connectivity index (χ0v) is 15.2. The van der Waals surface area contributed by atoms with Crippen LogP contribution < -0.4 is 14.8 Å². The van der Waals surface area contributed by atoms with Gasteiger partial charge in [-0.25, -0.2) is 4.98 Å². The molecule has 0 saturated carbocycles. The van der Waals surface area contributed by atoms with Crippen molar-refractivity contribution in [1.82, 2.24) is 4.98 Å². The number of methoxy groups -OCH3 is 1. The fourth-order valence-electron chi connectivity index (χ4n) is 2.87. The topological polar surface area (TPSA) is 52.6 Å². The Bertz CT molecular complexity index is 695. The molecule has 1 aliphatic heterocycles. The molecule has 2 heterocycles. The Morgan fingerprint density at radius 1 is 1.16 bits per heavy atom. The zero-order chi connectivity index (χ0) is 17.7. The first kappa shape index (κ1) is 17.5. The molecule has 0 unspecified atom stereocenters. The van der Waals surface area contributed by atoms with E-state index in [0.29, 0.717) is 17.4 Å². The summed E-state index contributed by atoms with van der Waals surface area (Å²) in [7, 11) is 1.64. The van der Waals surface area contributed by atoms with Gasteiger partial charge in [-0.15, -0.1) is 0 Å². The molecule has 5 heteroatoms. The van der Waals surface area contributed by atoms with Gasteiger partial charge in [-0.05, 0) is 48.9 Å². The molecule has 1 aliphatic rings. The van der Waals surface area contributed by atoms with Crippen LogP contribution in [0.25, 0.3) is 0 Å². The number of rotatable bonds is 6. The highest BCUT2D eigenvalue weighted by molar-refractivity contribution is 5.46. The van der Waals surface area contributed by atoms with Crippen molar-refractivity contribution in [3.8, 4) is 17.4 Å². The monoisotopic (exact) mass is 342 g/mol. The molecule has 134 valence electrons. The van der Waals surface area contributed by atoms with Crippen LogP contribution >= 0.6 is 0 Å². The van der Waals surface area contributed by atoms with Crippen LogP contribution in [-0.4, -0.2) is 31.9 Å². The predicted molar refractivity (Wildman–Crippen MR) is 98.7 cm³/mol. The summed E-state index contributed by atoms with van der Waals surface area (Å²) in [6.07, 6.45) is 3.97. The maximum absolute atomic E-state index is 5.84. The molecule has 25 heavy (non-hydrogen) atoms. The normalized spacial score (nSPS) is 16.3. The molecule has 0 amide bonds. The van der Waals surface area contributed by atoms with Gasteiger partial charge in [0.25, 0.3) is 0 Å². The number of ether oxygens (including phenoxy) is 3. The van der Waals surface area contributed by atoms with Crippen LogP contribution in [0.2, 0.25) is 0 Å². The highest BCUT2D eigenvalue weighted by Crippen LogP contribution is 2.32. The number of aryl methyl sites for hydroxylation is 1. The van der Waals surface area contributed by atoms with Crippen LogP contribution in [0.5, 0.6) is 17.4 Å². The Kier molecular flexibility index (Phi) is 5.43. The second-order valence-corrected chi connectivity index (χ2v) is 6.92. The van der Waals surface area contributed by atoms with E-state index in [4.69, 9.17) is 14.2 Å². The van der Waals surface area contributed by atoms with Crippen molar-refractivity contribution >= 4 is 5.69 Å². The van der Waals surface area contributed by atoms with Gasteiger partial charge in [-0.3, -0.25) is 0 Å². The molecule has 1 N–H and O–H groups in total. The molecule has 0 radical (unpaired) electrons. The van der Waals surface area contributed by atoms with E-state index in [9.17, 15) is 0 Å². The maximum Gasteiger partial charge on any atom is 0.219 e. The van der Waals surface area contributed by atoms with Gasteiger partial charge in [0.1, 0.15) is 0 Å². The fraction of sp³-hybridized carbons (Fsp3) is 0.450. The van der Waals surface area contributed by atoms with E-state index in [0.717, 1.165) is 43.9 Å². The average molecular weight is 342 g/mol. The molecule has 0 atom stereocenters. The minimum Gasteiger partial charge on any atom is -0.493 e. The van der Waals surface area contributed by atoms with Crippen LogP contribution in [0.15, 0.2) is 36.5 Å². The Balaban J connectivity index is 1.60. The summed E-state index contributed by atoms with van der Waals surface area (Å²) in [5.74, 6) is 1.91. The summed E-state index contributed by atoms with van der Waals surface area (Å²) in [6, 6.07) is 9.69. The second-order valence-electron chi connectivity index (χ2n) is 6.92. The molecule has 3 rings (SSSR count). The number of pyridine rings is 1. The third-order valence-corrected chi connectivity index (χ3v) is 4.69. The third-order valence-electron chi connectivity index (χ3n) is 4.69. The largest absolute Gasteiger partial charge is 0.493 e. The molecular weight excluding hydrogens is 316 g/mol. The number of aromatic nitrogens is 1. The lowest BCUT2D eigenvalue weighted by atomic mass is 9.82. The fourth-order valence-corrected chi connectivity index (χ4v) is 2.87. The van der Waals surface area contributed by atoms with Gasteiger partial charge < -0.3 is 19.5 Å². The van der Waals surface area contributed by atoms with Crippen LogP contribution in [0.3, 0.4) is 0 Å². The van der Waals surface area contributed by atoms with Crippen molar-refractivity contribution in [2.75, 3.05) is 32.2 Å². The number of benzene rings is 1. The smallest absolute Gasteiger partial charge is 0.219 e. The van der Waals surface area contributed by atoms with E-state index in [1.165, 1.54) is 0 Å². The highest BCUT2D eigenvalue weighted by Gasteiger charge is 2.26. The Morgan fingerprint density at radius 2 is 1.96 bits per heavy atom. The maximum atomic E-state index is 5.84. The molecular formula is C20H26N2O3. The van der Waals surface area contributed by atoms with Gasteiger partial charge in [0.2, 0.25) is 5.88 Å². The number of hydrogen-bond acceptors (Lipinski definition) is 5. The van der Waals surface area contributed by atoms with Crippen molar-refractivity contribution in [1.29, 1.82) is 0 Å². The van der Waals surface area contributed by atoms with Crippen LogP contribution in [0.1, 0.15) is 25.3 Å². The summed E-state index contributed by atoms with van der Waals surface area (Å²) in [5, 5.41) is 3.48. The van der Waals surface area contributed by atoms with Crippen molar-refractivity contribution in [2.45, 2.75) is 26.7 Å². The van der Waals surface area contributed by atoms with Gasteiger partial charge in [0.15, 0.2) is 11.5 Å². The second kappa shape index (κ2) is 7.74. The van der Waals surface area contributed by atoms with Crippen LogP contribution in [0.4, 0.5) is 5.69 Å². The Hall–Kier alpha value is -2.27. The number of nitrogens with one attached hydrogen (secondary N) is 1. The summed E-state index contributed by atoms with van der Waals surface area (Å²) in [4.78, 5) is 4.39. The lowest BCUT2D eigenvalue weighted by Crippen LogP contribution is -2.33. The Labute approximate surface area is 149 Å². The van der Waals surface area contributed by atoms with E-state index in [1.807, 2.05) is 37.3 Å². The molecule has 0 aliphatic carbocycles. The molecule has 5 nitrogen and oxygen atoms in total. The van der Waals surface area contributed by atoms with E-state index in [1.54, 1.807) is 13.3 Å². The van der Waals surface area contributed by atoms with E-state index in [2.05, 4.69) is 17.2 Å². The van der Waals surface area contributed by atoms with Crippen LogP contribution in [0, 0.1) is 12.3 Å². The third kappa shape index (κ3) is 4.63. The lowest BCUT2D eigenvalue weighted by Gasteiger charge is -2.33. The first-order valence-corrected chi connectivity index (χ1v) is 8.68. The summed E-state index contributed by atoms with van der Waals surface area (Å²) >= 11 is 0. The van der Waals surface area contributed by atoms with Gasteiger partial charge in [0, 0.05) is 25.8 Å². The predicted octanol–water partition coefficient (Wildman–Crippen LogP) is 4.42. The van der Waals surface area contributed by atoms with Crippen molar-refractivity contribution < 1.29 is 14.2 Å². The van der Waals surface area contributed by atoms with Crippen LogP contribution in [-0.2, 0) is 4.74 Å². The first-order valence-electron chi connectivity index (χ1n) is 8.68. The number of hydrogen-bond donors (Lipinski definition) is 1. The summed E-state index contributed by atoms with van der Waals surface area (Å²) < 4.78 is 16.7. The molecule has 0 bridgehead atoms. The molecule has 2 aromatic rings. The lowest BCUT2D eigenvalue weighted by molar-refractivity contribution is 0.0300. The molecule has 1 saturated heterocycles. The number of nitrogens with zero attached hydrogens (tertiary/aromatic N) is 1. The number of anilines is 1. The quantitative estimate of drug-likeness (QED) is 0.842. The first-order chi connectivity index (χ1) is 12.1. The SMILES string of the molecule is COc1cc(C)ccc1Oc1ccc(NCC2(C)CCOCC2)cn1. The minimum absolute atomic E-state index is 0.280. The van der Waals surface area contributed by atoms with Gasteiger partial charge in [-0.1, -0.05) is 13.0 Å². The highest BCUT2D eigenvalue weighted by atomic mass is 16.5. The van der Waals surface area contributed by atoms with E-state index >= 15 is 0 Å². The van der Waals surface area contributed by atoms with E-state index in [-0.39, 0.29) is 5.41 Å². The molecule has 1 fully saturated rings. The molecule has 1 aromatic heterocycles. The van der Waals surface area contributed by atoms with Gasteiger partial charge in [0.05, 0.1) is 19.0 Å². The average Bonchev–Trinajstić information content (AvgIpc) is 2.63. The summed E-state index contributed by atoms with van der Waals surface area (Å²) in [6.45, 7) is 6.94.